The molecule has 2 saturated heterocycles. The monoisotopic (exact) mass is 391 g/mol. The topological polar surface area (TPSA) is 159 Å². The highest BCUT2D eigenvalue weighted by Gasteiger charge is 2.72. The lowest BCUT2D eigenvalue weighted by Gasteiger charge is -2.39. The number of carbonyl (C=O) groups excluding carboxylic acids is 3. The first-order valence-electron chi connectivity index (χ1n) is 9.37. The fraction of sp³-hybridized carbons (Fsp3) is 0.611. The molecule has 0 saturated carbocycles. The van der Waals surface area contributed by atoms with E-state index in [1.807, 2.05) is 4.90 Å². The summed E-state index contributed by atoms with van der Waals surface area (Å²) < 4.78 is 11.0. The van der Waals surface area contributed by atoms with Gasteiger partial charge in [-0.25, -0.2) is 4.79 Å². The number of hydrogen-bond acceptors (Lipinski definition) is 9. The molecule has 3 aliphatic heterocycles. The van der Waals surface area contributed by atoms with Crippen LogP contribution in [0.2, 0.25) is 0 Å². The van der Waals surface area contributed by atoms with Gasteiger partial charge in [0.05, 0.1) is 23.4 Å². The number of hydrogen-bond donors (Lipinski definition) is 4. The summed E-state index contributed by atoms with van der Waals surface area (Å²) in [6, 6.07) is 0.112. The van der Waals surface area contributed by atoms with Gasteiger partial charge >= 0.3 is 6.09 Å². The lowest BCUT2D eigenvalue weighted by atomic mass is 9.82. The van der Waals surface area contributed by atoms with Crippen molar-refractivity contribution in [2.45, 2.75) is 31.2 Å². The van der Waals surface area contributed by atoms with Crippen molar-refractivity contribution in [2.75, 3.05) is 33.4 Å². The van der Waals surface area contributed by atoms with Crippen LogP contribution in [-0.2, 0) is 19.1 Å². The molecule has 3 heterocycles. The zero-order chi connectivity index (χ0) is 20.2. The van der Waals surface area contributed by atoms with Crippen LogP contribution in [0.15, 0.2) is 22.5 Å². The molecule has 10 heteroatoms. The van der Waals surface area contributed by atoms with Gasteiger partial charge in [0.25, 0.3) is 0 Å². The second kappa shape index (κ2) is 6.57. The Morgan fingerprint density at radius 1 is 1.39 bits per heavy atom. The molecule has 6 N–H and O–H groups in total. The third-order valence-electron chi connectivity index (χ3n) is 6.11. The van der Waals surface area contributed by atoms with Crippen molar-refractivity contribution in [2.24, 2.45) is 17.4 Å². The van der Waals surface area contributed by atoms with Gasteiger partial charge in [-0.1, -0.05) is 0 Å². The Hall–Kier alpha value is -2.43. The molecule has 0 aromatic heterocycles. The predicted molar refractivity (Wildman–Crippen MR) is 97.6 cm³/mol. The number of nitrogens with two attached hydrogens (primary N) is 2. The SMILES string of the molecule is CO[C@@]12C(COC(N)=O)C3=C(C(=O)C(C)=C(NCCCN)C3=O)N1CC1NC12. The standard InChI is InChI=1S/C18H25N5O5/c1-8-12(21-5-3-4-19)15(25)11-9(7-28-17(20)26)18(27-2)16-10(22-16)6-23(18)13(11)14(8)24/h9-10,16,21-22H,3-7,19H2,1-2H3,(H2,20,26)/t9?,10?,16?,18-/m1/s1. The zero-order valence-corrected chi connectivity index (χ0v) is 15.9. The summed E-state index contributed by atoms with van der Waals surface area (Å²) in [6.07, 6.45) is -0.270. The number of ether oxygens (including phenoxy) is 2. The molecule has 152 valence electrons. The van der Waals surface area contributed by atoms with Crippen LogP contribution in [0, 0.1) is 5.92 Å². The van der Waals surface area contributed by atoms with Gasteiger partial charge in [-0.3, -0.25) is 9.59 Å². The number of nitrogens with zero attached hydrogens (tertiary/aromatic N) is 1. The molecule has 10 nitrogen and oxygen atoms in total. The lowest BCUT2D eigenvalue weighted by molar-refractivity contribution is -0.137. The summed E-state index contributed by atoms with van der Waals surface area (Å²) in [7, 11) is 1.54. The molecule has 4 rings (SSSR count). The Kier molecular flexibility index (Phi) is 4.44. The Balaban J connectivity index is 1.74. The average molecular weight is 391 g/mol. The maximum atomic E-state index is 13.4. The molecule has 4 atom stereocenters. The van der Waals surface area contributed by atoms with Crippen LogP contribution in [-0.4, -0.2) is 73.7 Å². The maximum absolute atomic E-state index is 13.4. The van der Waals surface area contributed by atoms with Gasteiger partial charge in [-0.15, -0.1) is 0 Å². The summed E-state index contributed by atoms with van der Waals surface area (Å²) in [5, 5.41) is 6.38. The van der Waals surface area contributed by atoms with E-state index in [1.165, 1.54) is 0 Å². The van der Waals surface area contributed by atoms with Crippen molar-refractivity contribution in [3.63, 3.8) is 0 Å². The molecule has 0 radical (unpaired) electrons. The van der Waals surface area contributed by atoms with Gasteiger partial charge < -0.3 is 36.5 Å². The number of carbonyl (C=O) groups is 3. The highest BCUT2D eigenvalue weighted by Crippen LogP contribution is 2.55. The van der Waals surface area contributed by atoms with Crippen molar-refractivity contribution < 1.29 is 23.9 Å². The number of nitrogens with one attached hydrogen (secondary N) is 2. The van der Waals surface area contributed by atoms with Gasteiger partial charge in [0, 0.05) is 37.4 Å². The highest BCUT2D eigenvalue weighted by atomic mass is 16.6. The van der Waals surface area contributed by atoms with Gasteiger partial charge in [-0.2, -0.15) is 0 Å². The molecule has 0 spiro atoms. The van der Waals surface area contributed by atoms with E-state index in [9.17, 15) is 14.4 Å². The summed E-state index contributed by atoms with van der Waals surface area (Å²) in [5.41, 5.74) is 11.0. The number of methoxy groups -OCH3 is 1. The van der Waals surface area contributed by atoms with Crippen LogP contribution in [0.3, 0.4) is 0 Å². The molecular weight excluding hydrogens is 366 g/mol. The van der Waals surface area contributed by atoms with Crippen molar-refractivity contribution in [3.05, 3.63) is 22.5 Å². The van der Waals surface area contributed by atoms with Crippen LogP contribution in [0.4, 0.5) is 4.79 Å². The number of Topliss-reactive ketones (excluding diaryl/α,β-unsaturated/α-hetero) is 2. The number of primary amides is 1. The van der Waals surface area contributed by atoms with Crippen LogP contribution in [0.25, 0.3) is 0 Å². The number of amides is 1. The van der Waals surface area contributed by atoms with Crippen LogP contribution >= 0.6 is 0 Å². The zero-order valence-electron chi connectivity index (χ0n) is 15.9. The molecule has 3 unspecified atom stereocenters. The third kappa shape index (κ3) is 2.41. The molecule has 2 fully saturated rings. The van der Waals surface area contributed by atoms with E-state index in [4.69, 9.17) is 20.9 Å². The van der Waals surface area contributed by atoms with Crippen molar-refractivity contribution in [3.8, 4) is 0 Å². The fourth-order valence-corrected chi connectivity index (χ4v) is 4.82. The molecule has 1 aliphatic carbocycles. The molecule has 0 bridgehead atoms. The minimum absolute atomic E-state index is 0.0564. The van der Waals surface area contributed by atoms with Gasteiger partial charge in [-0.05, 0) is 19.9 Å². The Labute approximate surface area is 162 Å². The van der Waals surface area contributed by atoms with E-state index in [2.05, 4.69) is 10.6 Å². The summed E-state index contributed by atoms with van der Waals surface area (Å²) in [4.78, 5) is 39.7. The van der Waals surface area contributed by atoms with Gasteiger partial charge in [0.15, 0.2) is 5.72 Å². The molecule has 0 aromatic carbocycles. The second-order valence-corrected chi connectivity index (χ2v) is 7.49. The van der Waals surface area contributed by atoms with E-state index >= 15 is 0 Å². The maximum Gasteiger partial charge on any atom is 0.404 e. The molecule has 0 aromatic rings. The second-order valence-electron chi connectivity index (χ2n) is 7.49. The molecule has 4 aliphatic rings. The van der Waals surface area contributed by atoms with Gasteiger partial charge in [0.2, 0.25) is 11.6 Å². The minimum atomic E-state index is -0.955. The average Bonchev–Trinajstić information content (AvgIpc) is 3.27. The Morgan fingerprint density at radius 2 is 2.14 bits per heavy atom. The van der Waals surface area contributed by atoms with Crippen molar-refractivity contribution in [1.29, 1.82) is 0 Å². The first-order valence-corrected chi connectivity index (χ1v) is 9.37. The van der Waals surface area contributed by atoms with E-state index in [-0.39, 0.29) is 36.0 Å². The number of rotatable bonds is 7. The van der Waals surface area contributed by atoms with Crippen LogP contribution in [0.5, 0.6) is 0 Å². The number of ketones is 2. The van der Waals surface area contributed by atoms with Gasteiger partial charge in [0.1, 0.15) is 6.61 Å². The lowest BCUT2D eigenvalue weighted by Crippen LogP contribution is -2.55. The number of fused-ring (bicyclic) bond motifs is 4. The minimum Gasteiger partial charge on any atom is -0.449 e. The normalized spacial score (nSPS) is 33.1. The number of allylic oxidation sites excluding steroid dienone is 2. The van der Waals surface area contributed by atoms with Crippen LogP contribution in [0.1, 0.15) is 13.3 Å². The summed E-state index contributed by atoms with van der Waals surface area (Å²) in [5.74, 6) is -1.11. The fourth-order valence-electron chi connectivity index (χ4n) is 4.82. The van der Waals surface area contributed by atoms with E-state index in [0.29, 0.717) is 42.9 Å². The van der Waals surface area contributed by atoms with Crippen molar-refractivity contribution >= 4 is 17.7 Å². The number of piperazine rings is 1. The first-order chi connectivity index (χ1) is 13.4. The third-order valence-corrected chi connectivity index (χ3v) is 6.11. The molecular formula is C18H25N5O5. The molecule has 28 heavy (non-hydrogen) atoms. The molecule has 1 amide bonds. The van der Waals surface area contributed by atoms with E-state index < -0.39 is 17.7 Å². The summed E-state index contributed by atoms with van der Waals surface area (Å²) in [6.45, 7) is 3.01. The Morgan fingerprint density at radius 3 is 2.79 bits per heavy atom. The van der Waals surface area contributed by atoms with Crippen LogP contribution < -0.4 is 22.1 Å². The highest BCUT2D eigenvalue weighted by molar-refractivity contribution is 6.25. The summed E-state index contributed by atoms with van der Waals surface area (Å²) >= 11 is 0. The predicted octanol–water partition coefficient (Wildman–Crippen LogP) is -1.67. The smallest absolute Gasteiger partial charge is 0.404 e. The quantitative estimate of drug-likeness (QED) is 0.226. The Bertz CT molecular complexity index is 821. The first kappa shape index (κ1) is 18.9. The van der Waals surface area contributed by atoms with E-state index in [1.54, 1.807) is 14.0 Å². The van der Waals surface area contributed by atoms with E-state index in [0.717, 1.165) is 0 Å². The van der Waals surface area contributed by atoms with Crippen molar-refractivity contribution in [1.82, 2.24) is 15.5 Å². The largest absolute Gasteiger partial charge is 0.449 e.